The second-order valence-electron chi connectivity index (χ2n) is 5.45. The fourth-order valence-corrected chi connectivity index (χ4v) is 3.95. The van der Waals surface area contributed by atoms with Crippen LogP contribution in [0.15, 0.2) is 20.9 Å². The van der Waals surface area contributed by atoms with Crippen LogP contribution < -0.4 is 11.2 Å². The van der Waals surface area contributed by atoms with E-state index in [-0.39, 0.29) is 12.0 Å². The molecule has 2 rings (SSSR count). The Morgan fingerprint density at radius 2 is 2.11 bits per heavy atom. The molecule has 0 spiro atoms. The summed E-state index contributed by atoms with van der Waals surface area (Å²) < 4.78 is 36.8. The molecule has 1 aliphatic heterocycles. The van der Waals surface area contributed by atoms with E-state index >= 15 is 0 Å². The number of nitrogens with zero attached hydrogens (tertiary/aromatic N) is 4. The van der Waals surface area contributed by atoms with E-state index in [1.165, 1.54) is 13.1 Å². The third kappa shape index (κ3) is 5.84. The maximum atomic E-state index is 11.9. The fourth-order valence-electron chi connectivity index (χ4n) is 2.35. The monoisotopic (exact) mass is 427 g/mol. The molecule has 1 aliphatic rings. The average Bonchev–Trinajstić information content (AvgIpc) is 2.90. The third-order valence-electron chi connectivity index (χ3n) is 3.47. The summed E-state index contributed by atoms with van der Waals surface area (Å²) in [5.74, 6) is 0. The lowest BCUT2D eigenvalue weighted by molar-refractivity contribution is -0.0267. The van der Waals surface area contributed by atoms with Gasteiger partial charge in [-0.15, -0.1) is 0 Å². The van der Waals surface area contributed by atoms with E-state index in [1.807, 2.05) is 0 Å². The Balaban J connectivity index is 2.18. The molecule has 0 aromatic carbocycles. The minimum atomic E-state index is -5.29. The zero-order valence-electron chi connectivity index (χ0n) is 13.6. The van der Waals surface area contributed by atoms with Crippen LogP contribution in [-0.2, 0) is 22.7 Å². The molecule has 1 fully saturated rings. The zero-order valence-corrected chi connectivity index (χ0v) is 15.4. The Morgan fingerprint density at radius 1 is 1.44 bits per heavy atom. The molecule has 0 aliphatic carbocycles. The predicted molar refractivity (Wildman–Crippen MR) is 86.4 cm³/mol. The van der Waals surface area contributed by atoms with Crippen molar-refractivity contribution in [2.24, 2.45) is 5.11 Å². The molecule has 0 bridgehead atoms. The van der Waals surface area contributed by atoms with Gasteiger partial charge in [0.2, 0.25) is 0 Å². The number of azide groups is 1. The first-order valence-electron chi connectivity index (χ1n) is 7.18. The Bertz CT molecular complexity index is 962. The number of ether oxygens (including phenoxy) is 1. The molecule has 4 N–H and O–H groups in total. The van der Waals surface area contributed by atoms with Crippen LogP contribution in [0, 0.1) is 6.92 Å². The van der Waals surface area contributed by atoms with Gasteiger partial charge in [0.15, 0.2) is 0 Å². The summed E-state index contributed by atoms with van der Waals surface area (Å²) >= 11 is 0. The van der Waals surface area contributed by atoms with Gasteiger partial charge in [-0.05, 0) is 12.5 Å². The van der Waals surface area contributed by atoms with Gasteiger partial charge in [0, 0.05) is 23.1 Å². The van der Waals surface area contributed by atoms with Crippen LogP contribution in [0.1, 0.15) is 18.2 Å². The summed E-state index contributed by atoms with van der Waals surface area (Å²) in [5, 5.41) is 3.45. The van der Waals surface area contributed by atoms with Gasteiger partial charge in [-0.1, -0.05) is 5.11 Å². The molecule has 1 saturated heterocycles. The first-order chi connectivity index (χ1) is 12.4. The summed E-state index contributed by atoms with van der Waals surface area (Å²) in [6.45, 7) is 0.724. The summed E-state index contributed by atoms with van der Waals surface area (Å²) in [6, 6.07) is -0.936. The quantitative estimate of drug-likeness (QED) is 0.198. The van der Waals surface area contributed by atoms with Crippen molar-refractivity contribution in [3.8, 4) is 0 Å². The minimum Gasteiger partial charge on any atom is -0.352 e. The molecule has 4 atom stereocenters. The van der Waals surface area contributed by atoms with Crippen molar-refractivity contribution in [2.45, 2.75) is 31.7 Å². The van der Waals surface area contributed by atoms with E-state index in [0.29, 0.717) is 0 Å². The molecule has 1 unspecified atom stereocenters. The highest BCUT2D eigenvalue weighted by atomic mass is 31.3. The van der Waals surface area contributed by atoms with E-state index in [1.54, 1.807) is 0 Å². The van der Waals surface area contributed by atoms with Crippen molar-refractivity contribution >= 4 is 15.6 Å². The average molecular weight is 427 g/mol. The lowest BCUT2D eigenvalue weighted by Crippen LogP contribution is -2.33. The second-order valence-corrected chi connectivity index (χ2v) is 8.28. The molecule has 1 aromatic heterocycles. The van der Waals surface area contributed by atoms with E-state index < -0.39 is 51.9 Å². The second kappa shape index (κ2) is 8.07. The topological polar surface area (TPSA) is 226 Å². The number of phosphoric acid groups is 2. The van der Waals surface area contributed by atoms with Crippen molar-refractivity contribution in [1.82, 2.24) is 9.55 Å². The van der Waals surface area contributed by atoms with E-state index in [9.17, 15) is 23.6 Å². The lowest BCUT2D eigenvalue weighted by Gasteiger charge is -2.18. The highest BCUT2D eigenvalue weighted by molar-refractivity contribution is 7.60. The zero-order chi connectivity index (χ0) is 20.4. The number of hydrogen-bond acceptors (Lipinski definition) is 8. The van der Waals surface area contributed by atoms with Crippen LogP contribution in [0.3, 0.4) is 0 Å². The number of phosphoric ester groups is 1. The van der Waals surface area contributed by atoms with Crippen molar-refractivity contribution < 1.29 is 37.4 Å². The molecule has 0 saturated carbocycles. The first kappa shape index (κ1) is 21.5. The first-order valence-corrected chi connectivity index (χ1v) is 10.2. The van der Waals surface area contributed by atoms with E-state index in [2.05, 4.69) is 23.8 Å². The lowest BCUT2D eigenvalue weighted by atomic mass is 10.1. The third-order valence-corrected chi connectivity index (χ3v) is 5.62. The molecule has 150 valence electrons. The molecule has 1 aromatic rings. The number of rotatable bonds is 7. The van der Waals surface area contributed by atoms with Gasteiger partial charge in [0.25, 0.3) is 5.56 Å². The number of aromatic amines is 1. The number of aromatic nitrogens is 2. The smallest absolute Gasteiger partial charge is 0.352 e. The molecule has 0 radical (unpaired) electrons. The highest BCUT2D eigenvalue weighted by Gasteiger charge is 2.39. The molecular weight excluding hydrogens is 412 g/mol. The maximum Gasteiger partial charge on any atom is 0.481 e. The SMILES string of the molecule is Cc1cn([C@@H]2C[C@H](N=[N+]=[N-])[C@@H](COP(=O)(O)OP(=O)(O)O)O2)c(=O)[nH]c1=O. The van der Waals surface area contributed by atoms with Crippen molar-refractivity contribution in [3.63, 3.8) is 0 Å². The van der Waals surface area contributed by atoms with Crippen LogP contribution in [0.2, 0.25) is 0 Å². The molecule has 27 heavy (non-hydrogen) atoms. The standard InChI is InChI=1S/C10H15N5O10P2/c1-5-3-15(10(17)12-9(5)16)8-2-6(13-14-11)7(24-8)4-23-27(21,22)25-26(18,19)20/h3,6-8H,2,4H2,1H3,(H,21,22)(H,12,16,17)(H2,18,19,20)/t6-,7+,8-/m0/s1. The largest absolute Gasteiger partial charge is 0.481 e. The van der Waals surface area contributed by atoms with E-state index in [0.717, 1.165) is 4.57 Å². The molecule has 15 nitrogen and oxygen atoms in total. The van der Waals surface area contributed by atoms with Gasteiger partial charge in [-0.25, -0.2) is 13.9 Å². The van der Waals surface area contributed by atoms with Gasteiger partial charge < -0.3 is 19.4 Å². The summed E-state index contributed by atoms with van der Waals surface area (Å²) in [6.07, 6.45) is -0.918. The molecule has 2 heterocycles. The Morgan fingerprint density at radius 3 is 2.70 bits per heavy atom. The number of hydrogen-bond donors (Lipinski definition) is 4. The van der Waals surface area contributed by atoms with Crippen LogP contribution in [0.5, 0.6) is 0 Å². The van der Waals surface area contributed by atoms with Crippen LogP contribution in [0.25, 0.3) is 10.4 Å². The summed E-state index contributed by atoms with van der Waals surface area (Å²) in [4.78, 5) is 54.5. The molecular formula is C10H15N5O10P2. The van der Waals surface area contributed by atoms with Gasteiger partial charge in [0.05, 0.1) is 18.8 Å². The highest BCUT2D eigenvalue weighted by Crippen LogP contribution is 2.57. The Kier molecular flexibility index (Phi) is 6.43. The van der Waals surface area contributed by atoms with Gasteiger partial charge in [0.1, 0.15) is 6.23 Å². The van der Waals surface area contributed by atoms with Crippen LogP contribution in [0.4, 0.5) is 0 Å². The molecule has 0 amide bonds. The van der Waals surface area contributed by atoms with Crippen molar-refractivity contribution in [1.29, 1.82) is 0 Å². The normalized spacial score (nSPS) is 25.0. The molecule has 17 heteroatoms. The van der Waals surface area contributed by atoms with Crippen LogP contribution in [-0.4, -0.2) is 43.0 Å². The number of H-pyrrole nitrogens is 1. The summed E-state index contributed by atoms with van der Waals surface area (Å²) in [5.41, 5.74) is 7.48. The van der Waals surface area contributed by atoms with Crippen molar-refractivity contribution in [2.75, 3.05) is 6.61 Å². The van der Waals surface area contributed by atoms with Crippen molar-refractivity contribution in [3.05, 3.63) is 43.0 Å². The summed E-state index contributed by atoms with van der Waals surface area (Å²) in [7, 11) is -10.4. The van der Waals surface area contributed by atoms with Gasteiger partial charge in [-0.2, -0.15) is 4.31 Å². The number of aryl methyl sites for hydroxylation is 1. The Labute approximate surface area is 150 Å². The van der Waals surface area contributed by atoms with Crippen LogP contribution >= 0.6 is 15.6 Å². The minimum absolute atomic E-state index is 0.0292. The fraction of sp³-hybridized carbons (Fsp3) is 0.600. The maximum absolute atomic E-state index is 11.9. The predicted octanol–water partition coefficient (Wildman–Crippen LogP) is 0.0377. The van der Waals surface area contributed by atoms with E-state index in [4.69, 9.17) is 20.1 Å². The number of nitrogens with one attached hydrogen (secondary N) is 1. The van der Waals surface area contributed by atoms with Gasteiger partial charge in [-0.3, -0.25) is 18.9 Å². The van der Waals surface area contributed by atoms with Gasteiger partial charge >= 0.3 is 21.3 Å². The Hall–Kier alpha value is -1.79.